The van der Waals surface area contributed by atoms with Crippen molar-refractivity contribution in [2.24, 2.45) is 0 Å². The normalized spacial score (nSPS) is 14.9. The number of benzene rings is 2. The molecular weight excluding hydrogens is 434 g/mol. The minimum Gasteiger partial charge on any atom is -0.497 e. The van der Waals surface area contributed by atoms with Crippen LogP contribution in [0, 0.1) is 0 Å². The zero-order valence-electron chi connectivity index (χ0n) is 17.7. The second-order valence-electron chi connectivity index (χ2n) is 7.10. The number of aromatic nitrogens is 1. The highest BCUT2D eigenvalue weighted by atomic mass is 32.2. The highest BCUT2D eigenvalue weighted by molar-refractivity contribution is 7.89. The molecular formula is C22H23N3O6S. The summed E-state index contributed by atoms with van der Waals surface area (Å²) >= 11 is 0. The molecule has 1 aromatic heterocycles. The van der Waals surface area contributed by atoms with E-state index >= 15 is 0 Å². The van der Waals surface area contributed by atoms with Gasteiger partial charge in [-0.05, 0) is 36.4 Å². The van der Waals surface area contributed by atoms with E-state index in [1.807, 2.05) is 30.3 Å². The van der Waals surface area contributed by atoms with E-state index < -0.39 is 21.1 Å². The minimum absolute atomic E-state index is 0.0430. The zero-order chi connectivity index (χ0) is 22.7. The molecule has 1 aliphatic heterocycles. The highest BCUT2D eigenvalue weighted by Crippen LogP contribution is 2.29. The Labute approximate surface area is 186 Å². The number of piperazine rings is 1. The largest absolute Gasteiger partial charge is 0.497 e. The van der Waals surface area contributed by atoms with Gasteiger partial charge in [-0.1, -0.05) is 18.2 Å². The standard InChI is InChI=1S/C22H23N3O6S/c1-29-18-10-8-17(9-11-18)24-12-14-25(15-13-24)32(27,28)22-19(21(26)30-2)23-20(31-22)16-6-4-3-5-7-16/h3-11H,12-15H2,1-2H3. The SMILES string of the molecule is COC(=O)c1nc(-c2ccccc2)oc1S(=O)(=O)N1CCN(c2ccc(OC)cc2)CC1. The van der Waals surface area contributed by atoms with Crippen molar-refractivity contribution < 1.29 is 27.1 Å². The van der Waals surface area contributed by atoms with Crippen molar-refractivity contribution in [1.29, 1.82) is 0 Å². The predicted octanol–water partition coefficient (Wildman–Crippen LogP) is 2.65. The monoisotopic (exact) mass is 457 g/mol. The molecule has 0 N–H and O–H groups in total. The van der Waals surface area contributed by atoms with Gasteiger partial charge in [0.25, 0.3) is 15.1 Å². The maximum Gasteiger partial charge on any atom is 0.361 e. The first-order valence-corrected chi connectivity index (χ1v) is 11.4. The summed E-state index contributed by atoms with van der Waals surface area (Å²) in [7, 11) is -1.32. The molecule has 0 radical (unpaired) electrons. The van der Waals surface area contributed by atoms with Gasteiger partial charge in [-0.3, -0.25) is 0 Å². The molecule has 9 nitrogen and oxygen atoms in total. The van der Waals surface area contributed by atoms with Crippen molar-refractivity contribution in [3.8, 4) is 17.2 Å². The molecule has 0 atom stereocenters. The molecule has 32 heavy (non-hydrogen) atoms. The van der Waals surface area contributed by atoms with E-state index in [-0.39, 0.29) is 24.7 Å². The van der Waals surface area contributed by atoms with Crippen molar-refractivity contribution in [2.75, 3.05) is 45.3 Å². The van der Waals surface area contributed by atoms with Crippen LogP contribution in [0.5, 0.6) is 5.75 Å². The topological polar surface area (TPSA) is 102 Å². The molecule has 1 fully saturated rings. The van der Waals surface area contributed by atoms with E-state index in [1.54, 1.807) is 31.4 Å². The number of rotatable bonds is 6. The smallest absolute Gasteiger partial charge is 0.361 e. The van der Waals surface area contributed by atoms with Crippen LogP contribution in [0.25, 0.3) is 11.5 Å². The lowest BCUT2D eigenvalue weighted by Crippen LogP contribution is -2.48. The summed E-state index contributed by atoms with van der Waals surface area (Å²) < 4.78 is 43.5. The molecule has 10 heteroatoms. The van der Waals surface area contributed by atoms with Crippen LogP contribution in [0.1, 0.15) is 10.5 Å². The molecule has 3 aromatic rings. The van der Waals surface area contributed by atoms with Crippen molar-refractivity contribution in [1.82, 2.24) is 9.29 Å². The lowest BCUT2D eigenvalue weighted by molar-refractivity contribution is 0.0587. The Morgan fingerprint density at radius 2 is 1.62 bits per heavy atom. The van der Waals surface area contributed by atoms with E-state index in [9.17, 15) is 13.2 Å². The van der Waals surface area contributed by atoms with Gasteiger partial charge >= 0.3 is 5.97 Å². The van der Waals surface area contributed by atoms with Gasteiger partial charge in [0.2, 0.25) is 11.6 Å². The number of carbonyl (C=O) groups is 1. The molecule has 0 unspecified atom stereocenters. The third-order valence-electron chi connectivity index (χ3n) is 5.25. The summed E-state index contributed by atoms with van der Waals surface area (Å²) in [5, 5.41) is -0.499. The quantitative estimate of drug-likeness (QED) is 0.521. The van der Waals surface area contributed by atoms with Crippen LogP contribution in [0.15, 0.2) is 64.1 Å². The van der Waals surface area contributed by atoms with Gasteiger partial charge in [-0.25, -0.2) is 18.2 Å². The Hall–Kier alpha value is -3.37. The number of carbonyl (C=O) groups excluding carboxylic acids is 1. The summed E-state index contributed by atoms with van der Waals surface area (Å²) in [5.41, 5.74) is 1.18. The minimum atomic E-state index is -4.09. The summed E-state index contributed by atoms with van der Waals surface area (Å²) in [5.74, 6) is -0.0716. The van der Waals surface area contributed by atoms with Crippen LogP contribution in [0.3, 0.4) is 0 Å². The van der Waals surface area contributed by atoms with Crippen LogP contribution in [-0.2, 0) is 14.8 Å². The van der Waals surface area contributed by atoms with Crippen molar-refractivity contribution in [3.05, 3.63) is 60.3 Å². The summed E-state index contributed by atoms with van der Waals surface area (Å²) in [6.45, 7) is 1.43. The Balaban J connectivity index is 1.58. The van der Waals surface area contributed by atoms with Gasteiger partial charge in [0, 0.05) is 37.4 Å². The average Bonchev–Trinajstić information content (AvgIpc) is 3.31. The fraction of sp³-hybridized carbons (Fsp3) is 0.273. The molecule has 168 valence electrons. The fourth-order valence-electron chi connectivity index (χ4n) is 3.51. The molecule has 1 saturated heterocycles. The average molecular weight is 458 g/mol. The molecule has 0 spiro atoms. The summed E-state index contributed by atoms with van der Waals surface area (Å²) in [6, 6.07) is 16.4. The van der Waals surface area contributed by atoms with E-state index in [0.29, 0.717) is 18.7 Å². The third kappa shape index (κ3) is 4.19. The number of esters is 1. The molecule has 4 rings (SSSR count). The first-order valence-electron chi connectivity index (χ1n) is 9.97. The molecule has 2 heterocycles. The fourth-order valence-corrected chi connectivity index (χ4v) is 4.94. The number of sulfonamides is 1. The Morgan fingerprint density at radius 1 is 0.969 bits per heavy atom. The van der Waals surface area contributed by atoms with Crippen molar-refractivity contribution in [3.63, 3.8) is 0 Å². The Morgan fingerprint density at radius 3 is 2.22 bits per heavy atom. The van der Waals surface area contributed by atoms with E-state index in [2.05, 4.69) is 9.88 Å². The van der Waals surface area contributed by atoms with Gasteiger partial charge in [0.1, 0.15) is 5.75 Å². The van der Waals surface area contributed by atoms with Crippen molar-refractivity contribution in [2.45, 2.75) is 5.09 Å². The first kappa shape index (κ1) is 21.8. The van der Waals surface area contributed by atoms with Crippen LogP contribution >= 0.6 is 0 Å². The first-order chi connectivity index (χ1) is 15.4. The number of hydrogen-bond donors (Lipinski definition) is 0. The molecule has 2 aromatic carbocycles. The van der Waals surface area contributed by atoms with Crippen LogP contribution in [-0.4, -0.2) is 64.1 Å². The second kappa shape index (κ2) is 9.01. The lowest BCUT2D eigenvalue weighted by Gasteiger charge is -2.34. The van der Waals surface area contributed by atoms with Gasteiger partial charge in [0.05, 0.1) is 14.2 Å². The highest BCUT2D eigenvalue weighted by Gasteiger charge is 2.37. The second-order valence-corrected chi connectivity index (χ2v) is 8.94. The zero-order valence-corrected chi connectivity index (χ0v) is 18.5. The van der Waals surface area contributed by atoms with Crippen LogP contribution in [0.4, 0.5) is 5.69 Å². The van der Waals surface area contributed by atoms with Gasteiger partial charge in [-0.2, -0.15) is 4.31 Å². The number of anilines is 1. The van der Waals surface area contributed by atoms with E-state index in [1.165, 1.54) is 11.4 Å². The molecule has 0 bridgehead atoms. The maximum atomic E-state index is 13.3. The molecule has 1 aliphatic rings. The van der Waals surface area contributed by atoms with E-state index in [0.717, 1.165) is 11.4 Å². The van der Waals surface area contributed by atoms with Gasteiger partial charge < -0.3 is 18.8 Å². The van der Waals surface area contributed by atoms with Crippen LogP contribution in [0.2, 0.25) is 0 Å². The van der Waals surface area contributed by atoms with Gasteiger partial charge in [-0.15, -0.1) is 0 Å². The maximum absolute atomic E-state index is 13.3. The number of ether oxygens (including phenoxy) is 2. The molecule has 0 saturated carbocycles. The molecule has 0 aliphatic carbocycles. The predicted molar refractivity (Wildman–Crippen MR) is 117 cm³/mol. The van der Waals surface area contributed by atoms with Crippen LogP contribution < -0.4 is 9.64 Å². The van der Waals surface area contributed by atoms with Crippen molar-refractivity contribution >= 4 is 21.7 Å². The third-order valence-corrected chi connectivity index (χ3v) is 7.04. The Bertz CT molecular complexity index is 1180. The summed E-state index contributed by atoms with van der Waals surface area (Å²) in [4.78, 5) is 18.5. The lowest BCUT2D eigenvalue weighted by atomic mass is 10.2. The number of hydrogen-bond acceptors (Lipinski definition) is 8. The number of oxazole rings is 1. The Kier molecular flexibility index (Phi) is 6.15. The molecule has 0 amide bonds. The summed E-state index contributed by atoms with van der Waals surface area (Å²) in [6.07, 6.45) is 0. The number of methoxy groups -OCH3 is 2. The van der Waals surface area contributed by atoms with Gasteiger partial charge in [0.15, 0.2) is 0 Å². The number of nitrogens with zero attached hydrogens (tertiary/aromatic N) is 3. The van der Waals surface area contributed by atoms with E-state index in [4.69, 9.17) is 13.9 Å².